The highest BCUT2D eigenvalue weighted by atomic mass is 32.2. The first kappa shape index (κ1) is 21.6. The number of piperidine rings is 1. The van der Waals surface area contributed by atoms with Gasteiger partial charge in [-0.05, 0) is 50.4 Å². The zero-order valence-electron chi connectivity index (χ0n) is 18.0. The monoisotopic (exact) mass is 434 g/mol. The number of anilines is 2. The molecule has 2 heterocycles. The Morgan fingerprint density at radius 2 is 1.70 bits per heavy atom. The summed E-state index contributed by atoms with van der Waals surface area (Å²) in [7, 11) is -3.54. The lowest BCUT2D eigenvalue weighted by molar-refractivity contribution is -0.122. The summed E-state index contributed by atoms with van der Waals surface area (Å²) in [6.45, 7) is 8.05. The summed E-state index contributed by atoms with van der Waals surface area (Å²) in [5, 5.41) is 3.07. The molecule has 0 unspecified atom stereocenters. The number of hydrogen-bond donors (Lipinski definition) is 1. The van der Waals surface area contributed by atoms with Crippen molar-refractivity contribution in [3.8, 4) is 0 Å². The quantitative estimate of drug-likeness (QED) is 0.745. The molecule has 8 heteroatoms. The Kier molecular flexibility index (Phi) is 6.65. The van der Waals surface area contributed by atoms with Gasteiger partial charge in [0, 0.05) is 45.2 Å². The number of carbonyl (C=O) groups is 1. The average molecular weight is 435 g/mol. The minimum atomic E-state index is -3.54. The van der Waals surface area contributed by atoms with Crippen LogP contribution in [-0.4, -0.2) is 69.3 Å². The molecule has 7 nitrogen and oxygen atoms in total. The SMILES string of the molecule is CCN1CCN(c2ccc(S(=O)(=O)N3CCCCC3)cc2NC(=O)C2CCC2)CC1. The fourth-order valence-corrected chi connectivity index (χ4v) is 6.06. The van der Waals surface area contributed by atoms with Crippen LogP contribution in [-0.2, 0) is 14.8 Å². The predicted octanol–water partition coefficient (Wildman–Crippen LogP) is 2.74. The molecule has 1 amide bonds. The predicted molar refractivity (Wildman–Crippen MR) is 119 cm³/mol. The Morgan fingerprint density at radius 3 is 2.30 bits per heavy atom. The summed E-state index contributed by atoms with van der Waals surface area (Å²) >= 11 is 0. The van der Waals surface area contributed by atoms with Gasteiger partial charge in [0.15, 0.2) is 0 Å². The Hall–Kier alpha value is -1.64. The van der Waals surface area contributed by atoms with E-state index in [1.165, 1.54) is 0 Å². The minimum absolute atomic E-state index is 0.0159. The van der Waals surface area contributed by atoms with Crippen molar-refractivity contribution in [3.63, 3.8) is 0 Å². The zero-order chi connectivity index (χ0) is 21.1. The number of carbonyl (C=O) groups excluding carboxylic acids is 1. The van der Waals surface area contributed by atoms with Gasteiger partial charge in [-0.15, -0.1) is 0 Å². The molecular formula is C22H34N4O3S. The number of rotatable bonds is 6. The molecule has 30 heavy (non-hydrogen) atoms. The maximum atomic E-state index is 13.2. The summed E-state index contributed by atoms with van der Waals surface area (Å²) in [4.78, 5) is 17.6. The molecule has 3 fully saturated rings. The first-order valence-electron chi connectivity index (χ1n) is 11.4. The zero-order valence-corrected chi connectivity index (χ0v) is 18.8. The van der Waals surface area contributed by atoms with E-state index in [1.807, 2.05) is 6.07 Å². The molecule has 166 valence electrons. The lowest BCUT2D eigenvalue weighted by Gasteiger charge is -2.37. The van der Waals surface area contributed by atoms with E-state index in [0.29, 0.717) is 18.8 Å². The van der Waals surface area contributed by atoms with Gasteiger partial charge in [-0.2, -0.15) is 4.31 Å². The first-order valence-corrected chi connectivity index (χ1v) is 12.9. The largest absolute Gasteiger partial charge is 0.367 e. The molecule has 4 rings (SSSR count). The van der Waals surface area contributed by atoms with Gasteiger partial charge in [0.2, 0.25) is 15.9 Å². The van der Waals surface area contributed by atoms with E-state index in [-0.39, 0.29) is 16.7 Å². The molecule has 0 aromatic heterocycles. The highest BCUT2D eigenvalue weighted by Gasteiger charge is 2.30. The lowest BCUT2D eigenvalue weighted by atomic mass is 9.85. The van der Waals surface area contributed by atoms with Gasteiger partial charge in [0.25, 0.3) is 0 Å². The van der Waals surface area contributed by atoms with Crippen molar-refractivity contribution in [2.24, 2.45) is 5.92 Å². The maximum absolute atomic E-state index is 13.2. The molecule has 0 spiro atoms. The number of hydrogen-bond acceptors (Lipinski definition) is 5. The number of amides is 1. The Balaban J connectivity index is 1.61. The minimum Gasteiger partial charge on any atom is -0.367 e. The molecule has 2 saturated heterocycles. The second-order valence-corrected chi connectivity index (χ2v) is 10.6. The third-order valence-corrected chi connectivity index (χ3v) is 8.71. The standard InChI is InChI=1S/C22H34N4O3S/c1-2-24-13-15-25(16-14-24)21-10-9-19(30(28,29)26-11-4-3-5-12-26)17-20(21)23-22(27)18-7-6-8-18/h9-10,17-18H,2-8,11-16H2,1H3,(H,23,27). The van der Waals surface area contributed by atoms with E-state index >= 15 is 0 Å². The van der Waals surface area contributed by atoms with Crippen LogP contribution in [0.4, 0.5) is 11.4 Å². The highest BCUT2D eigenvalue weighted by Crippen LogP contribution is 2.34. The average Bonchev–Trinajstić information content (AvgIpc) is 2.73. The van der Waals surface area contributed by atoms with Crippen LogP contribution in [0.3, 0.4) is 0 Å². The van der Waals surface area contributed by atoms with E-state index < -0.39 is 10.0 Å². The normalized spacial score (nSPS) is 22.0. The van der Waals surface area contributed by atoms with Crippen LogP contribution >= 0.6 is 0 Å². The summed E-state index contributed by atoms with van der Waals surface area (Å²) in [6, 6.07) is 5.28. The summed E-state index contributed by atoms with van der Waals surface area (Å²) < 4.78 is 28.0. The number of sulfonamides is 1. The molecular weight excluding hydrogens is 400 g/mol. The molecule has 0 atom stereocenters. The Morgan fingerprint density at radius 1 is 1.00 bits per heavy atom. The van der Waals surface area contributed by atoms with E-state index in [2.05, 4.69) is 22.0 Å². The number of nitrogens with one attached hydrogen (secondary N) is 1. The van der Waals surface area contributed by atoms with Gasteiger partial charge in [-0.1, -0.05) is 19.8 Å². The topological polar surface area (TPSA) is 73.0 Å². The van der Waals surface area contributed by atoms with E-state index in [1.54, 1.807) is 16.4 Å². The second kappa shape index (κ2) is 9.24. The third-order valence-electron chi connectivity index (χ3n) is 6.81. The number of nitrogens with zero attached hydrogens (tertiary/aromatic N) is 3. The van der Waals surface area contributed by atoms with Crippen LogP contribution in [0.2, 0.25) is 0 Å². The van der Waals surface area contributed by atoms with Crippen LogP contribution in [0.25, 0.3) is 0 Å². The number of likely N-dealkylation sites (N-methyl/N-ethyl adjacent to an activating group) is 1. The third kappa shape index (κ3) is 4.50. The van der Waals surface area contributed by atoms with Crippen molar-refractivity contribution in [3.05, 3.63) is 18.2 Å². The Labute approximate surface area is 180 Å². The summed E-state index contributed by atoms with van der Waals surface area (Å²) in [6.07, 6.45) is 5.82. The van der Waals surface area contributed by atoms with Gasteiger partial charge in [0.1, 0.15) is 0 Å². The molecule has 1 aromatic carbocycles. The van der Waals surface area contributed by atoms with Gasteiger partial charge in [0.05, 0.1) is 16.3 Å². The van der Waals surface area contributed by atoms with Gasteiger partial charge >= 0.3 is 0 Å². The first-order chi connectivity index (χ1) is 14.5. The summed E-state index contributed by atoms with van der Waals surface area (Å²) in [5.74, 6) is 0.0689. The maximum Gasteiger partial charge on any atom is 0.243 e. The highest BCUT2D eigenvalue weighted by molar-refractivity contribution is 7.89. The van der Waals surface area contributed by atoms with Crippen molar-refractivity contribution in [1.29, 1.82) is 0 Å². The van der Waals surface area contributed by atoms with Crippen molar-refractivity contribution in [2.75, 3.05) is 56.0 Å². The molecule has 2 aliphatic heterocycles. The van der Waals surface area contributed by atoms with Crippen molar-refractivity contribution in [1.82, 2.24) is 9.21 Å². The van der Waals surface area contributed by atoms with Crippen LogP contribution in [0.5, 0.6) is 0 Å². The van der Waals surface area contributed by atoms with Crippen molar-refractivity contribution < 1.29 is 13.2 Å². The van der Waals surface area contributed by atoms with Crippen LogP contribution in [0.15, 0.2) is 23.1 Å². The van der Waals surface area contributed by atoms with Crippen LogP contribution in [0, 0.1) is 5.92 Å². The Bertz CT molecular complexity index is 855. The summed E-state index contributed by atoms with van der Waals surface area (Å²) in [5.41, 5.74) is 1.56. The van der Waals surface area contributed by atoms with Gasteiger partial charge < -0.3 is 15.1 Å². The fraction of sp³-hybridized carbons (Fsp3) is 0.682. The van der Waals surface area contributed by atoms with Gasteiger partial charge in [-0.3, -0.25) is 4.79 Å². The molecule has 1 aliphatic carbocycles. The molecule has 1 N–H and O–H groups in total. The van der Waals surface area contributed by atoms with Crippen LogP contribution < -0.4 is 10.2 Å². The van der Waals surface area contributed by atoms with E-state index in [9.17, 15) is 13.2 Å². The van der Waals surface area contributed by atoms with Crippen molar-refractivity contribution in [2.45, 2.75) is 50.3 Å². The van der Waals surface area contributed by atoms with Gasteiger partial charge in [-0.25, -0.2) is 8.42 Å². The number of benzene rings is 1. The van der Waals surface area contributed by atoms with E-state index in [4.69, 9.17) is 0 Å². The fourth-order valence-electron chi connectivity index (χ4n) is 4.52. The molecule has 3 aliphatic rings. The molecule has 1 saturated carbocycles. The smallest absolute Gasteiger partial charge is 0.243 e. The number of piperazine rings is 1. The second-order valence-electron chi connectivity index (χ2n) is 8.68. The molecule has 1 aromatic rings. The molecule has 0 bridgehead atoms. The molecule has 0 radical (unpaired) electrons. The van der Waals surface area contributed by atoms with Crippen LogP contribution in [0.1, 0.15) is 45.4 Å². The van der Waals surface area contributed by atoms with E-state index in [0.717, 1.165) is 76.9 Å². The lowest BCUT2D eigenvalue weighted by Crippen LogP contribution is -2.46. The van der Waals surface area contributed by atoms with Crippen molar-refractivity contribution >= 4 is 27.3 Å².